The third-order valence-electron chi connectivity index (χ3n) is 5.34. The third-order valence-corrected chi connectivity index (χ3v) is 8.17. The fourth-order valence-corrected chi connectivity index (χ4v) is 5.14. The van der Waals surface area contributed by atoms with Crippen LogP contribution in [0, 0.1) is 0 Å². The first kappa shape index (κ1) is 26.6. The van der Waals surface area contributed by atoms with E-state index in [1.165, 1.54) is 0 Å². The van der Waals surface area contributed by atoms with Crippen molar-refractivity contribution in [2.45, 2.75) is 77.7 Å². The highest BCUT2D eigenvalue weighted by Crippen LogP contribution is 2.39. The van der Waals surface area contributed by atoms with Gasteiger partial charge < -0.3 is 23.7 Å². The van der Waals surface area contributed by atoms with E-state index in [1.807, 2.05) is 12.1 Å². The molecule has 0 aliphatic carbocycles. The number of aromatic hydroxyl groups is 1. The molecule has 0 aliphatic rings. The Morgan fingerprint density at radius 1 is 0.967 bits per heavy atom. The predicted octanol–water partition coefficient (Wildman–Crippen LogP) is 4.30. The Morgan fingerprint density at radius 2 is 1.43 bits per heavy atom. The minimum Gasteiger partial charge on any atom is -0.507 e. The van der Waals surface area contributed by atoms with Gasteiger partial charge in [-0.05, 0) is 40.4 Å². The van der Waals surface area contributed by atoms with Crippen LogP contribution in [0.2, 0.25) is 6.04 Å². The molecule has 0 heterocycles. The molecule has 172 valence electrons. The number of phenols is 1. The molecule has 0 aromatic heterocycles. The van der Waals surface area contributed by atoms with Crippen molar-refractivity contribution < 1.29 is 23.2 Å². The molecular formula is C23H41NO5Si. The molecule has 0 spiro atoms. The van der Waals surface area contributed by atoms with Crippen molar-refractivity contribution in [3.8, 4) is 5.75 Å². The van der Waals surface area contributed by atoms with E-state index < -0.39 is 8.80 Å². The van der Waals surface area contributed by atoms with Crippen molar-refractivity contribution in [3.05, 3.63) is 28.8 Å². The van der Waals surface area contributed by atoms with Crippen LogP contribution < -0.4 is 5.32 Å². The van der Waals surface area contributed by atoms with Crippen molar-refractivity contribution in [2.75, 3.05) is 27.9 Å². The molecule has 0 saturated carbocycles. The summed E-state index contributed by atoms with van der Waals surface area (Å²) in [5.74, 6) is 0.377. The fourth-order valence-electron chi connectivity index (χ4n) is 3.42. The molecule has 6 nitrogen and oxygen atoms in total. The highest BCUT2D eigenvalue weighted by molar-refractivity contribution is 6.60. The lowest BCUT2D eigenvalue weighted by atomic mass is 9.78. The Labute approximate surface area is 183 Å². The zero-order valence-corrected chi connectivity index (χ0v) is 21.3. The number of hydrogen-bond acceptors (Lipinski definition) is 5. The number of hydrogen-bond donors (Lipinski definition) is 2. The average molecular weight is 440 g/mol. The first-order valence-corrected chi connectivity index (χ1v) is 12.5. The molecule has 1 aromatic carbocycles. The summed E-state index contributed by atoms with van der Waals surface area (Å²) in [4.78, 5) is 12.3. The van der Waals surface area contributed by atoms with Crippen molar-refractivity contribution in [1.29, 1.82) is 0 Å². The van der Waals surface area contributed by atoms with Gasteiger partial charge in [0.2, 0.25) is 5.91 Å². The molecule has 1 aromatic rings. The van der Waals surface area contributed by atoms with E-state index in [0.717, 1.165) is 23.1 Å². The minimum absolute atomic E-state index is 0.0113. The summed E-state index contributed by atoms with van der Waals surface area (Å²) in [6.07, 6.45) is 1.76. The van der Waals surface area contributed by atoms with Crippen LogP contribution in [0.5, 0.6) is 5.75 Å². The SMILES string of the molecule is CO[Si](CCCNC(=O)CCc1cc(C(C)(C)C)c(O)c(C(C)(C)C)c1)(OC)OC. The van der Waals surface area contributed by atoms with E-state index in [0.29, 0.717) is 31.2 Å². The van der Waals surface area contributed by atoms with Crippen LogP contribution in [-0.4, -0.2) is 47.7 Å². The summed E-state index contributed by atoms with van der Waals surface area (Å²) in [6.45, 7) is 13.1. The van der Waals surface area contributed by atoms with Crippen LogP contribution in [0.15, 0.2) is 12.1 Å². The predicted molar refractivity (Wildman–Crippen MR) is 123 cm³/mol. The molecule has 0 radical (unpaired) electrons. The van der Waals surface area contributed by atoms with Gasteiger partial charge in [0.1, 0.15) is 5.75 Å². The zero-order chi connectivity index (χ0) is 23.2. The second kappa shape index (κ2) is 10.8. The molecule has 0 bridgehead atoms. The summed E-state index contributed by atoms with van der Waals surface area (Å²) in [5.41, 5.74) is 2.56. The fraction of sp³-hybridized carbons (Fsp3) is 0.696. The number of aryl methyl sites for hydroxylation is 1. The van der Waals surface area contributed by atoms with Gasteiger partial charge in [0.05, 0.1) is 0 Å². The maximum atomic E-state index is 12.3. The normalized spacial score (nSPS) is 12.8. The molecule has 0 saturated heterocycles. The van der Waals surface area contributed by atoms with Crippen molar-refractivity contribution >= 4 is 14.7 Å². The smallest absolute Gasteiger partial charge is 0.500 e. The molecular weight excluding hydrogens is 398 g/mol. The number of phenolic OH excluding ortho intramolecular Hbond substituents is 1. The van der Waals surface area contributed by atoms with E-state index in [2.05, 4.69) is 46.9 Å². The summed E-state index contributed by atoms with van der Waals surface area (Å²) in [5, 5.41) is 13.8. The van der Waals surface area contributed by atoms with Crippen LogP contribution in [0.25, 0.3) is 0 Å². The topological polar surface area (TPSA) is 77.0 Å². The molecule has 7 heteroatoms. The molecule has 0 unspecified atom stereocenters. The van der Waals surface area contributed by atoms with Crippen LogP contribution in [0.4, 0.5) is 0 Å². The Morgan fingerprint density at radius 3 is 1.83 bits per heavy atom. The zero-order valence-electron chi connectivity index (χ0n) is 20.3. The average Bonchev–Trinajstić information content (AvgIpc) is 2.66. The van der Waals surface area contributed by atoms with Crippen LogP contribution >= 0.6 is 0 Å². The van der Waals surface area contributed by atoms with Crippen LogP contribution in [0.3, 0.4) is 0 Å². The van der Waals surface area contributed by atoms with Gasteiger partial charge >= 0.3 is 8.80 Å². The van der Waals surface area contributed by atoms with Crippen molar-refractivity contribution in [1.82, 2.24) is 5.32 Å². The Hall–Kier alpha value is -1.41. The van der Waals surface area contributed by atoms with Gasteiger partial charge in [-0.1, -0.05) is 53.7 Å². The summed E-state index contributed by atoms with van der Waals surface area (Å²) in [6, 6.07) is 4.72. The molecule has 1 amide bonds. The van der Waals surface area contributed by atoms with E-state index >= 15 is 0 Å². The number of rotatable bonds is 10. The van der Waals surface area contributed by atoms with Gasteiger partial charge in [-0.25, -0.2) is 0 Å². The lowest BCUT2D eigenvalue weighted by Crippen LogP contribution is -2.43. The molecule has 2 N–H and O–H groups in total. The maximum absolute atomic E-state index is 12.3. The van der Waals surface area contributed by atoms with Gasteiger partial charge in [-0.15, -0.1) is 0 Å². The highest BCUT2D eigenvalue weighted by atomic mass is 28.4. The van der Waals surface area contributed by atoms with E-state index in [-0.39, 0.29) is 16.7 Å². The van der Waals surface area contributed by atoms with Gasteiger partial charge in [-0.3, -0.25) is 4.79 Å². The van der Waals surface area contributed by atoms with Crippen LogP contribution in [-0.2, 0) is 35.3 Å². The molecule has 0 fully saturated rings. The summed E-state index contributed by atoms with van der Waals surface area (Å²) < 4.78 is 16.2. The van der Waals surface area contributed by atoms with Gasteiger partial charge in [-0.2, -0.15) is 0 Å². The van der Waals surface area contributed by atoms with E-state index in [4.69, 9.17) is 13.3 Å². The Bertz CT molecular complexity index is 659. The third kappa shape index (κ3) is 7.37. The first-order chi connectivity index (χ1) is 13.8. The quantitative estimate of drug-likeness (QED) is 0.420. The number of carbonyl (C=O) groups excluding carboxylic acids is 1. The number of benzene rings is 1. The largest absolute Gasteiger partial charge is 0.507 e. The van der Waals surface area contributed by atoms with E-state index in [9.17, 15) is 9.90 Å². The molecule has 1 rings (SSSR count). The number of amides is 1. The molecule has 0 aliphatic heterocycles. The second-order valence-electron chi connectivity index (χ2n) is 9.79. The van der Waals surface area contributed by atoms with Crippen LogP contribution in [0.1, 0.15) is 71.1 Å². The monoisotopic (exact) mass is 439 g/mol. The lowest BCUT2D eigenvalue weighted by molar-refractivity contribution is -0.121. The summed E-state index contributed by atoms with van der Waals surface area (Å²) in [7, 11) is 2.18. The Kier molecular flexibility index (Phi) is 9.54. The maximum Gasteiger partial charge on any atom is 0.500 e. The first-order valence-electron chi connectivity index (χ1n) is 10.6. The number of carbonyl (C=O) groups is 1. The second-order valence-corrected chi connectivity index (χ2v) is 12.9. The standard InChI is InChI=1S/C23H41NO5Si/c1-22(2,3)18-15-17(16-19(21(18)26)23(4,5)6)11-12-20(25)24-13-10-14-30(27-7,28-8)29-9/h15-16,26H,10-14H2,1-9H3,(H,24,25). The molecule has 0 atom stereocenters. The van der Waals surface area contributed by atoms with E-state index in [1.54, 1.807) is 21.3 Å². The highest BCUT2D eigenvalue weighted by Gasteiger charge is 2.36. The minimum atomic E-state index is -2.59. The van der Waals surface area contributed by atoms with Crippen molar-refractivity contribution in [2.24, 2.45) is 0 Å². The van der Waals surface area contributed by atoms with Gasteiger partial charge in [0.15, 0.2) is 0 Å². The van der Waals surface area contributed by atoms with Crippen molar-refractivity contribution in [3.63, 3.8) is 0 Å². The number of nitrogens with one attached hydrogen (secondary N) is 1. The molecule has 30 heavy (non-hydrogen) atoms. The van der Waals surface area contributed by atoms with Gasteiger partial charge in [0.25, 0.3) is 0 Å². The van der Waals surface area contributed by atoms with Gasteiger partial charge in [0, 0.05) is 40.3 Å². The summed E-state index contributed by atoms with van der Waals surface area (Å²) >= 11 is 0. The lowest BCUT2D eigenvalue weighted by Gasteiger charge is -2.28. The Balaban J connectivity index is 2.75.